The van der Waals surface area contributed by atoms with Crippen molar-refractivity contribution in [3.05, 3.63) is 34.9 Å². The van der Waals surface area contributed by atoms with Crippen LogP contribution in [0.3, 0.4) is 0 Å². The predicted molar refractivity (Wildman–Crippen MR) is 75.9 cm³/mol. The molecule has 3 nitrogen and oxygen atoms in total. The number of β-amino-alcohol motifs (C(OH)–C–C–N with tert-alkyl or cyclic N) is 1. The third-order valence-electron chi connectivity index (χ3n) is 3.98. The zero-order valence-corrected chi connectivity index (χ0v) is 12.0. The molecule has 1 saturated heterocycles. The number of hydrogen-bond acceptors (Lipinski definition) is 2. The fourth-order valence-electron chi connectivity index (χ4n) is 2.82. The fraction of sp³-hybridized carbons (Fsp3) is 0.562. The summed E-state index contributed by atoms with van der Waals surface area (Å²) in [4.78, 5) is 13.8. The first-order valence-corrected chi connectivity index (χ1v) is 7.03. The summed E-state index contributed by atoms with van der Waals surface area (Å²) in [5, 5.41) is 10.4. The van der Waals surface area contributed by atoms with Gasteiger partial charge in [0.15, 0.2) is 0 Å². The molecule has 1 fully saturated rings. The van der Waals surface area contributed by atoms with Crippen molar-refractivity contribution in [2.75, 3.05) is 13.1 Å². The molecular formula is C16H23NO2. The van der Waals surface area contributed by atoms with Gasteiger partial charge in [-0.1, -0.05) is 30.7 Å². The highest BCUT2D eigenvalue weighted by Gasteiger charge is 2.27. The molecule has 0 aliphatic carbocycles. The molecule has 0 aromatic heterocycles. The molecule has 104 valence electrons. The van der Waals surface area contributed by atoms with Gasteiger partial charge in [0.25, 0.3) is 0 Å². The van der Waals surface area contributed by atoms with Crippen molar-refractivity contribution in [2.45, 2.75) is 39.7 Å². The van der Waals surface area contributed by atoms with Crippen molar-refractivity contribution in [1.29, 1.82) is 0 Å². The van der Waals surface area contributed by atoms with Crippen LogP contribution in [0.4, 0.5) is 0 Å². The molecule has 1 amide bonds. The second kappa shape index (κ2) is 5.74. The van der Waals surface area contributed by atoms with E-state index in [1.54, 1.807) is 4.90 Å². The molecule has 0 bridgehead atoms. The zero-order valence-electron chi connectivity index (χ0n) is 12.0. The second-order valence-corrected chi connectivity index (χ2v) is 5.70. The van der Waals surface area contributed by atoms with Crippen molar-refractivity contribution in [3.63, 3.8) is 0 Å². The average Bonchev–Trinajstić information content (AvgIpc) is 2.34. The van der Waals surface area contributed by atoms with Crippen LogP contribution in [0.15, 0.2) is 18.2 Å². The zero-order chi connectivity index (χ0) is 14.0. The summed E-state index contributed by atoms with van der Waals surface area (Å²) in [6.45, 7) is 7.20. The summed E-state index contributed by atoms with van der Waals surface area (Å²) in [5.41, 5.74) is 3.21. The molecule has 1 aliphatic rings. The van der Waals surface area contributed by atoms with Gasteiger partial charge in [-0.15, -0.1) is 0 Å². The first kappa shape index (κ1) is 14.1. The van der Waals surface area contributed by atoms with E-state index in [-0.39, 0.29) is 11.8 Å². The number of aliphatic hydroxyl groups excluding tert-OH is 1. The summed E-state index contributed by atoms with van der Waals surface area (Å²) in [6.07, 6.45) is 1.41. The lowest BCUT2D eigenvalue weighted by Gasteiger charge is -2.32. The Morgan fingerprint density at radius 1 is 1.42 bits per heavy atom. The van der Waals surface area contributed by atoms with E-state index < -0.39 is 6.10 Å². The number of hydrogen-bond donors (Lipinski definition) is 1. The number of benzene rings is 1. The van der Waals surface area contributed by atoms with Gasteiger partial charge < -0.3 is 10.0 Å². The number of amides is 1. The largest absolute Gasteiger partial charge is 0.387 e. The lowest BCUT2D eigenvalue weighted by atomic mass is 9.97. The van der Waals surface area contributed by atoms with E-state index in [1.807, 2.05) is 32.9 Å². The van der Waals surface area contributed by atoms with Crippen LogP contribution in [0.1, 0.15) is 42.6 Å². The van der Waals surface area contributed by atoms with Crippen molar-refractivity contribution in [1.82, 2.24) is 4.90 Å². The lowest BCUT2D eigenvalue weighted by molar-refractivity contribution is -0.139. The molecule has 2 atom stereocenters. The SMILES string of the molecule is Cc1ccc(C(O)CN2CCCC(C)C2=O)c(C)c1. The van der Waals surface area contributed by atoms with Crippen molar-refractivity contribution in [2.24, 2.45) is 5.92 Å². The summed E-state index contributed by atoms with van der Waals surface area (Å²) in [6, 6.07) is 6.04. The van der Waals surface area contributed by atoms with Gasteiger partial charge >= 0.3 is 0 Å². The molecule has 0 radical (unpaired) electrons. The van der Waals surface area contributed by atoms with Gasteiger partial charge in [-0.25, -0.2) is 0 Å². The normalized spacial score (nSPS) is 21.6. The summed E-state index contributed by atoms with van der Waals surface area (Å²) in [7, 11) is 0. The van der Waals surface area contributed by atoms with Gasteiger partial charge in [0.05, 0.1) is 12.6 Å². The highest BCUT2D eigenvalue weighted by atomic mass is 16.3. The first-order valence-electron chi connectivity index (χ1n) is 7.03. The van der Waals surface area contributed by atoms with Gasteiger partial charge in [-0.05, 0) is 37.8 Å². The van der Waals surface area contributed by atoms with Crippen LogP contribution in [0.25, 0.3) is 0 Å². The summed E-state index contributed by atoms with van der Waals surface area (Å²) >= 11 is 0. The molecule has 3 heteroatoms. The van der Waals surface area contributed by atoms with Gasteiger partial charge in [0.1, 0.15) is 0 Å². The number of carbonyl (C=O) groups excluding carboxylic acids is 1. The van der Waals surface area contributed by atoms with E-state index in [2.05, 4.69) is 6.07 Å². The first-order chi connectivity index (χ1) is 8.99. The van der Waals surface area contributed by atoms with Crippen LogP contribution in [-0.4, -0.2) is 29.0 Å². The molecule has 0 spiro atoms. The average molecular weight is 261 g/mol. The fourth-order valence-corrected chi connectivity index (χ4v) is 2.82. The Morgan fingerprint density at radius 2 is 2.16 bits per heavy atom. The van der Waals surface area contributed by atoms with Crippen LogP contribution in [0, 0.1) is 19.8 Å². The Balaban J connectivity index is 2.08. The van der Waals surface area contributed by atoms with Crippen molar-refractivity contribution >= 4 is 5.91 Å². The molecule has 1 N–H and O–H groups in total. The highest BCUT2D eigenvalue weighted by Crippen LogP contribution is 2.23. The smallest absolute Gasteiger partial charge is 0.225 e. The Bertz CT molecular complexity index is 470. The van der Waals surface area contributed by atoms with Gasteiger partial charge in [0.2, 0.25) is 5.91 Å². The van der Waals surface area contributed by atoms with E-state index in [0.717, 1.165) is 30.5 Å². The van der Waals surface area contributed by atoms with Crippen LogP contribution in [-0.2, 0) is 4.79 Å². The minimum atomic E-state index is -0.588. The van der Waals surface area contributed by atoms with E-state index in [4.69, 9.17) is 0 Å². The number of rotatable bonds is 3. The Morgan fingerprint density at radius 3 is 2.84 bits per heavy atom. The number of nitrogens with zero attached hydrogens (tertiary/aromatic N) is 1. The molecule has 2 rings (SSSR count). The van der Waals surface area contributed by atoms with E-state index in [9.17, 15) is 9.90 Å². The monoisotopic (exact) mass is 261 g/mol. The number of piperidine rings is 1. The number of aryl methyl sites for hydroxylation is 2. The Labute approximate surface area is 115 Å². The van der Waals surface area contributed by atoms with Gasteiger partial charge in [-0.3, -0.25) is 4.79 Å². The molecule has 1 aliphatic heterocycles. The maximum absolute atomic E-state index is 12.0. The summed E-state index contributed by atoms with van der Waals surface area (Å²) in [5.74, 6) is 0.273. The molecule has 1 aromatic carbocycles. The van der Waals surface area contributed by atoms with Crippen LogP contribution >= 0.6 is 0 Å². The number of aliphatic hydroxyl groups is 1. The highest BCUT2D eigenvalue weighted by molar-refractivity contribution is 5.79. The minimum absolute atomic E-state index is 0.0973. The lowest BCUT2D eigenvalue weighted by Crippen LogP contribution is -2.42. The van der Waals surface area contributed by atoms with Crippen LogP contribution in [0.5, 0.6) is 0 Å². The van der Waals surface area contributed by atoms with E-state index in [1.165, 1.54) is 5.56 Å². The van der Waals surface area contributed by atoms with Crippen molar-refractivity contribution < 1.29 is 9.90 Å². The quantitative estimate of drug-likeness (QED) is 0.908. The van der Waals surface area contributed by atoms with Crippen LogP contribution in [0.2, 0.25) is 0 Å². The maximum Gasteiger partial charge on any atom is 0.225 e. The Kier molecular flexibility index (Phi) is 4.25. The van der Waals surface area contributed by atoms with Gasteiger partial charge in [-0.2, -0.15) is 0 Å². The number of likely N-dealkylation sites (tertiary alicyclic amines) is 1. The molecule has 19 heavy (non-hydrogen) atoms. The molecule has 2 unspecified atom stereocenters. The minimum Gasteiger partial charge on any atom is -0.387 e. The van der Waals surface area contributed by atoms with Crippen LogP contribution < -0.4 is 0 Å². The third kappa shape index (κ3) is 3.16. The maximum atomic E-state index is 12.0. The van der Waals surface area contributed by atoms with E-state index >= 15 is 0 Å². The van der Waals surface area contributed by atoms with E-state index in [0.29, 0.717) is 6.54 Å². The predicted octanol–water partition coefficient (Wildman–Crippen LogP) is 2.60. The topological polar surface area (TPSA) is 40.5 Å². The van der Waals surface area contributed by atoms with Gasteiger partial charge in [0, 0.05) is 12.5 Å². The molecule has 1 aromatic rings. The molecular weight excluding hydrogens is 238 g/mol. The molecule has 1 heterocycles. The standard InChI is InChI=1S/C16H23NO2/c1-11-6-7-14(13(3)9-11)15(18)10-17-8-4-5-12(2)16(17)19/h6-7,9,12,15,18H,4-5,8,10H2,1-3H3. The Hall–Kier alpha value is -1.35. The number of carbonyl (C=O) groups is 1. The van der Waals surface area contributed by atoms with Crippen molar-refractivity contribution in [3.8, 4) is 0 Å². The third-order valence-corrected chi connectivity index (χ3v) is 3.98. The second-order valence-electron chi connectivity index (χ2n) is 5.70. The summed E-state index contributed by atoms with van der Waals surface area (Å²) < 4.78 is 0. The molecule has 0 saturated carbocycles.